The molecule has 152 valence electrons. The summed E-state index contributed by atoms with van der Waals surface area (Å²) in [6, 6.07) is 14.2. The Morgan fingerprint density at radius 1 is 1.18 bits per heavy atom. The lowest BCUT2D eigenvalue weighted by Gasteiger charge is -2.18. The molecule has 0 saturated carbocycles. The number of benzene rings is 2. The molecule has 0 radical (unpaired) electrons. The number of sulfone groups is 1. The van der Waals surface area contributed by atoms with Crippen LogP contribution in [0, 0.1) is 0 Å². The summed E-state index contributed by atoms with van der Waals surface area (Å²) in [7, 11) is -1.45. The van der Waals surface area contributed by atoms with E-state index in [0.29, 0.717) is 29.0 Å². The third kappa shape index (κ3) is 7.40. The standard InChI is InChI=1S/C20H26ClN3O3S/c1-15(27-18-6-4-5-17(21)13-18)14-24-20(22-2)23-12-11-16-7-9-19(10-8-16)28(3,25)26/h4-10,13,15H,11-12,14H2,1-3H3,(H2,22,23,24). The third-order valence-electron chi connectivity index (χ3n) is 3.97. The van der Waals surface area contributed by atoms with Crippen LogP contribution in [0.2, 0.25) is 5.02 Å². The van der Waals surface area contributed by atoms with Crippen molar-refractivity contribution in [3.8, 4) is 5.75 Å². The Hall–Kier alpha value is -2.25. The van der Waals surface area contributed by atoms with E-state index in [9.17, 15) is 8.42 Å². The molecule has 0 bridgehead atoms. The molecule has 0 aliphatic rings. The summed E-state index contributed by atoms with van der Waals surface area (Å²) in [6.45, 7) is 3.21. The van der Waals surface area contributed by atoms with Crippen LogP contribution in [0.5, 0.6) is 5.75 Å². The van der Waals surface area contributed by atoms with Crippen molar-refractivity contribution < 1.29 is 13.2 Å². The zero-order valence-corrected chi connectivity index (χ0v) is 17.8. The number of ether oxygens (including phenoxy) is 1. The normalized spacial score (nSPS) is 13.1. The predicted octanol–water partition coefficient (Wildman–Crippen LogP) is 2.92. The number of guanidine groups is 1. The molecule has 2 aromatic rings. The maximum Gasteiger partial charge on any atom is 0.191 e. The van der Waals surface area contributed by atoms with Gasteiger partial charge in [0.15, 0.2) is 15.8 Å². The molecule has 2 aromatic carbocycles. The third-order valence-corrected chi connectivity index (χ3v) is 5.34. The molecule has 0 fully saturated rings. The van der Waals surface area contributed by atoms with Crippen molar-refractivity contribution in [1.29, 1.82) is 0 Å². The Bertz CT molecular complexity index is 899. The highest BCUT2D eigenvalue weighted by molar-refractivity contribution is 7.90. The molecule has 1 atom stereocenters. The van der Waals surface area contributed by atoms with Crippen LogP contribution in [0.15, 0.2) is 58.4 Å². The largest absolute Gasteiger partial charge is 0.489 e. The molecule has 0 amide bonds. The second-order valence-electron chi connectivity index (χ2n) is 6.43. The molecular formula is C20H26ClN3O3S. The number of hydrogen-bond acceptors (Lipinski definition) is 4. The second-order valence-corrected chi connectivity index (χ2v) is 8.88. The Kier molecular flexibility index (Phi) is 8.14. The zero-order valence-electron chi connectivity index (χ0n) is 16.3. The van der Waals surface area contributed by atoms with Gasteiger partial charge in [0.1, 0.15) is 11.9 Å². The fraction of sp³-hybridized carbons (Fsp3) is 0.350. The van der Waals surface area contributed by atoms with E-state index in [2.05, 4.69) is 15.6 Å². The van der Waals surface area contributed by atoms with Gasteiger partial charge in [-0.2, -0.15) is 0 Å². The summed E-state index contributed by atoms with van der Waals surface area (Å²) in [5.74, 6) is 1.40. The van der Waals surface area contributed by atoms with E-state index in [4.69, 9.17) is 16.3 Å². The molecule has 6 nitrogen and oxygen atoms in total. The predicted molar refractivity (Wildman–Crippen MR) is 114 cm³/mol. The van der Waals surface area contributed by atoms with Crippen LogP contribution in [-0.2, 0) is 16.3 Å². The smallest absolute Gasteiger partial charge is 0.191 e. The Morgan fingerprint density at radius 3 is 2.50 bits per heavy atom. The van der Waals surface area contributed by atoms with Crippen molar-refractivity contribution in [2.24, 2.45) is 4.99 Å². The van der Waals surface area contributed by atoms with Gasteiger partial charge >= 0.3 is 0 Å². The van der Waals surface area contributed by atoms with Crippen LogP contribution in [0.4, 0.5) is 0 Å². The van der Waals surface area contributed by atoms with E-state index in [1.165, 1.54) is 6.26 Å². The lowest BCUT2D eigenvalue weighted by atomic mass is 10.1. The lowest BCUT2D eigenvalue weighted by Crippen LogP contribution is -2.42. The molecule has 0 spiro atoms. The minimum atomic E-state index is -3.16. The Balaban J connectivity index is 1.75. The molecule has 2 N–H and O–H groups in total. The summed E-state index contributed by atoms with van der Waals surface area (Å²) >= 11 is 5.96. The Labute approximate surface area is 171 Å². The Morgan fingerprint density at radius 2 is 1.89 bits per heavy atom. The molecule has 28 heavy (non-hydrogen) atoms. The van der Waals surface area contributed by atoms with Crippen LogP contribution in [0.1, 0.15) is 12.5 Å². The van der Waals surface area contributed by atoms with E-state index in [-0.39, 0.29) is 6.10 Å². The molecule has 0 aliphatic carbocycles. The van der Waals surface area contributed by atoms with Gasteiger partial charge in [0.05, 0.1) is 11.4 Å². The minimum absolute atomic E-state index is 0.0689. The van der Waals surface area contributed by atoms with Gasteiger partial charge in [-0.25, -0.2) is 8.42 Å². The zero-order chi connectivity index (χ0) is 20.6. The summed E-state index contributed by atoms with van der Waals surface area (Å²) in [4.78, 5) is 4.53. The van der Waals surface area contributed by atoms with Gasteiger partial charge in [0.25, 0.3) is 0 Å². The highest BCUT2D eigenvalue weighted by Gasteiger charge is 2.07. The molecular weight excluding hydrogens is 398 g/mol. The highest BCUT2D eigenvalue weighted by atomic mass is 35.5. The van der Waals surface area contributed by atoms with E-state index >= 15 is 0 Å². The number of aliphatic imine (C=N–C) groups is 1. The van der Waals surface area contributed by atoms with Crippen LogP contribution < -0.4 is 15.4 Å². The van der Waals surface area contributed by atoms with Crippen molar-refractivity contribution in [2.45, 2.75) is 24.3 Å². The van der Waals surface area contributed by atoms with Gasteiger partial charge in [0.2, 0.25) is 0 Å². The fourth-order valence-corrected chi connectivity index (χ4v) is 3.31. The molecule has 8 heteroatoms. The van der Waals surface area contributed by atoms with Gasteiger partial charge in [0, 0.05) is 24.9 Å². The number of nitrogens with zero attached hydrogens (tertiary/aromatic N) is 1. The van der Waals surface area contributed by atoms with Crippen molar-refractivity contribution in [3.63, 3.8) is 0 Å². The first-order chi connectivity index (χ1) is 13.3. The molecule has 2 rings (SSSR count). The second kappa shape index (κ2) is 10.3. The lowest BCUT2D eigenvalue weighted by molar-refractivity contribution is 0.224. The van der Waals surface area contributed by atoms with Crippen molar-refractivity contribution in [2.75, 3.05) is 26.4 Å². The average molecular weight is 424 g/mol. The van der Waals surface area contributed by atoms with Crippen molar-refractivity contribution in [3.05, 3.63) is 59.1 Å². The quantitative estimate of drug-likeness (QED) is 0.504. The molecule has 0 heterocycles. The molecule has 1 unspecified atom stereocenters. The molecule has 0 aliphatic heterocycles. The van der Waals surface area contributed by atoms with Gasteiger partial charge in [-0.3, -0.25) is 4.99 Å². The molecule has 0 saturated heterocycles. The van der Waals surface area contributed by atoms with Crippen LogP contribution in [-0.4, -0.2) is 46.9 Å². The summed E-state index contributed by atoms with van der Waals surface area (Å²) in [5.41, 5.74) is 1.05. The SMILES string of the molecule is CN=C(NCCc1ccc(S(C)(=O)=O)cc1)NCC(C)Oc1cccc(Cl)c1. The van der Waals surface area contributed by atoms with Gasteiger partial charge in [-0.05, 0) is 49.2 Å². The van der Waals surface area contributed by atoms with Crippen molar-refractivity contribution >= 4 is 27.4 Å². The van der Waals surface area contributed by atoms with E-state index < -0.39 is 9.84 Å². The maximum atomic E-state index is 11.5. The fourth-order valence-electron chi connectivity index (χ4n) is 2.50. The minimum Gasteiger partial charge on any atom is -0.489 e. The van der Waals surface area contributed by atoms with E-state index in [0.717, 1.165) is 17.7 Å². The van der Waals surface area contributed by atoms with Crippen LogP contribution in [0.25, 0.3) is 0 Å². The summed E-state index contributed by atoms with van der Waals surface area (Å²) in [6.07, 6.45) is 1.89. The first-order valence-electron chi connectivity index (χ1n) is 8.93. The summed E-state index contributed by atoms with van der Waals surface area (Å²) in [5, 5.41) is 7.09. The highest BCUT2D eigenvalue weighted by Crippen LogP contribution is 2.18. The first-order valence-corrected chi connectivity index (χ1v) is 11.2. The molecule has 0 aromatic heterocycles. The van der Waals surface area contributed by atoms with Crippen molar-refractivity contribution in [1.82, 2.24) is 10.6 Å². The van der Waals surface area contributed by atoms with E-state index in [1.807, 2.05) is 31.2 Å². The van der Waals surface area contributed by atoms with Gasteiger partial charge < -0.3 is 15.4 Å². The van der Waals surface area contributed by atoms with Crippen LogP contribution >= 0.6 is 11.6 Å². The van der Waals surface area contributed by atoms with Gasteiger partial charge in [-0.1, -0.05) is 29.8 Å². The van der Waals surface area contributed by atoms with E-state index in [1.54, 1.807) is 31.3 Å². The monoisotopic (exact) mass is 423 g/mol. The number of halogens is 1. The number of rotatable bonds is 8. The topological polar surface area (TPSA) is 79.8 Å². The number of hydrogen-bond donors (Lipinski definition) is 2. The van der Waals surface area contributed by atoms with Gasteiger partial charge in [-0.15, -0.1) is 0 Å². The average Bonchev–Trinajstić information content (AvgIpc) is 2.64. The number of nitrogens with one attached hydrogen (secondary N) is 2. The summed E-state index contributed by atoms with van der Waals surface area (Å²) < 4.78 is 28.8. The maximum absolute atomic E-state index is 11.5. The first kappa shape index (κ1) is 22.0. The van der Waals surface area contributed by atoms with Crippen LogP contribution in [0.3, 0.4) is 0 Å².